The maximum Gasteiger partial charge on any atom is 0.271 e. The van der Waals surface area contributed by atoms with Crippen molar-refractivity contribution in [1.82, 2.24) is 20.2 Å². The molecule has 1 saturated heterocycles. The first-order valence-corrected chi connectivity index (χ1v) is 9.09. The van der Waals surface area contributed by atoms with Crippen LogP contribution in [-0.2, 0) is 0 Å². The van der Waals surface area contributed by atoms with Crippen LogP contribution in [0.5, 0.6) is 0 Å². The fourth-order valence-electron chi connectivity index (χ4n) is 3.08. The number of nitrogens with zero attached hydrogens (tertiary/aromatic N) is 4. The first kappa shape index (κ1) is 18.9. The van der Waals surface area contributed by atoms with Crippen LogP contribution in [0.3, 0.4) is 0 Å². The lowest BCUT2D eigenvalue weighted by atomic mass is 10.2. The van der Waals surface area contributed by atoms with Crippen molar-refractivity contribution in [3.05, 3.63) is 16.9 Å². The van der Waals surface area contributed by atoms with Gasteiger partial charge in [-0.25, -0.2) is 9.97 Å². The number of hydrogen-bond acceptors (Lipinski definition) is 5. The number of anilines is 1. The zero-order valence-electron chi connectivity index (χ0n) is 15.0. The highest BCUT2D eigenvalue weighted by molar-refractivity contribution is 6.33. The molecular formula is C17H28ClN5O. The molecule has 1 fully saturated rings. The summed E-state index contributed by atoms with van der Waals surface area (Å²) < 4.78 is 0. The Morgan fingerprint density at radius 2 is 1.92 bits per heavy atom. The Morgan fingerprint density at radius 1 is 1.29 bits per heavy atom. The van der Waals surface area contributed by atoms with Gasteiger partial charge in [0.1, 0.15) is 0 Å². The fourth-order valence-corrected chi connectivity index (χ4v) is 3.26. The van der Waals surface area contributed by atoms with Gasteiger partial charge >= 0.3 is 0 Å². The molecule has 0 saturated carbocycles. The molecule has 2 heterocycles. The van der Waals surface area contributed by atoms with Gasteiger partial charge in [-0.05, 0) is 40.5 Å². The Balaban J connectivity index is 1.97. The van der Waals surface area contributed by atoms with Crippen molar-refractivity contribution in [2.24, 2.45) is 0 Å². The lowest BCUT2D eigenvalue weighted by molar-refractivity contribution is 0.0934. The second-order valence-electron chi connectivity index (χ2n) is 6.74. The molecule has 1 aliphatic heterocycles. The lowest BCUT2D eigenvalue weighted by Gasteiger charge is -2.30. The largest absolute Gasteiger partial charge is 0.349 e. The highest BCUT2D eigenvalue weighted by Crippen LogP contribution is 2.19. The molecule has 1 aliphatic rings. The van der Waals surface area contributed by atoms with Crippen molar-refractivity contribution in [3.8, 4) is 0 Å². The minimum atomic E-state index is -0.240. The SMILES string of the molecule is CC(C)N(CCNC(=O)c1nc(N2CCCC2)ncc1Cl)C(C)C. The van der Waals surface area contributed by atoms with Crippen LogP contribution in [0.15, 0.2) is 6.20 Å². The molecule has 1 N–H and O–H groups in total. The predicted molar refractivity (Wildman–Crippen MR) is 97.8 cm³/mol. The van der Waals surface area contributed by atoms with Gasteiger partial charge in [-0.3, -0.25) is 9.69 Å². The molecule has 134 valence electrons. The molecule has 0 aromatic carbocycles. The van der Waals surface area contributed by atoms with Crippen molar-refractivity contribution < 1.29 is 4.79 Å². The normalized spacial score (nSPS) is 14.9. The van der Waals surface area contributed by atoms with Crippen LogP contribution in [0.2, 0.25) is 5.02 Å². The molecule has 2 rings (SSSR count). The number of carbonyl (C=O) groups excluding carboxylic acids is 1. The van der Waals surface area contributed by atoms with Crippen molar-refractivity contribution in [2.75, 3.05) is 31.1 Å². The summed E-state index contributed by atoms with van der Waals surface area (Å²) in [5.41, 5.74) is 0.259. The molecule has 7 heteroatoms. The smallest absolute Gasteiger partial charge is 0.271 e. The van der Waals surface area contributed by atoms with Crippen molar-refractivity contribution >= 4 is 23.5 Å². The molecule has 6 nitrogen and oxygen atoms in total. The van der Waals surface area contributed by atoms with E-state index < -0.39 is 0 Å². The molecule has 0 radical (unpaired) electrons. The molecule has 0 aliphatic carbocycles. The van der Waals surface area contributed by atoms with E-state index in [1.165, 1.54) is 6.20 Å². The maximum absolute atomic E-state index is 12.4. The van der Waals surface area contributed by atoms with E-state index in [2.05, 4.69) is 52.8 Å². The minimum Gasteiger partial charge on any atom is -0.349 e. The number of rotatable bonds is 7. The molecule has 1 amide bonds. The van der Waals surface area contributed by atoms with Gasteiger partial charge in [-0.15, -0.1) is 0 Å². The van der Waals surface area contributed by atoms with Gasteiger partial charge in [0.15, 0.2) is 5.69 Å². The van der Waals surface area contributed by atoms with Gasteiger partial charge in [-0.2, -0.15) is 0 Å². The third-order valence-electron chi connectivity index (χ3n) is 4.32. The average Bonchev–Trinajstić information content (AvgIpc) is 3.05. The Morgan fingerprint density at radius 3 is 2.50 bits per heavy atom. The van der Waals surface area contributed by atoms with Crippen LogP contribution in [0, 0.1) is 0 Å². The molecule has 0 spiro atoms. The fraction of sp³-hybridized carbons (Fsp3) is 0.706. The van der Waals surface area contributed by atoms with Crippen molar-refractivity contribution in [1.29, 1.82) is 0 Å². The highest BCUT2D eigenvalue weighted by Gasteiger charge is 2.20. The number of hydrogen-bond donors (Lipinski definition) is 1. The van der Waals surface area contributed by atoms with Gasteiger partial charge in [0.2, 0.25) is 5.95 Å². The zero-order chi connectivity index (χ0) is 17.7. The third-order valence-corrected chi connectivity index (χ3v) is 4.59. The van der Waals surface area contributed by atoms with E-state index in [0.717, 1.165) is 32.5 Å². The zero-order valence-corrected chi connectivity index (χ0v) is 15.8. The van der Waals surface area contributed by atoms with E-state index in [4.69, 9.17) is 11.6 Å². The van der Waals surface area contributed by atoms with E-state index in [9.17, 15) is 4.79 Å². The predicted octanol–water partition coefficient (Wildman–Crippen LogP) is 2.58. The minimum absolute atomic E-state index is 0.240. The Labute approximate surface area is 149 Å². The summed E-state index contributed by atoms with van der Waals surface area (Å²) in [6.07, 6.45) is 3.78. The second-order valence-corrected chi connectivity index (χ2v) is 7.15. The Kier molecular flexibility index (Phi) is 6.80. The summed E-state index contributed by atoms with van der Waals surface area (Å²) in [7, 11) is 0. The molecule has 0 atom stereocenters. The highest BCUT2D eigenvalue weighted by atomic mass is 35.5. The van der Waals surface area contributed by atoms with Gasteiger partial charge in [-0.1, -0.05) is 11.6 Å². The third kappa shape index (κ3) is 4.80. The quantitative estimate of drug-likeness (QED) is 0.816. The summed E-state index contributed by atoms with van der Waals surface area (Å²) in [6.45, 7) is 11.9. The maximum atomic E-state index is 12.4. The Bertz CT molecular complexity index is 550. The van der Waals surface area contributed by atoms with E-state index >= 15 is 0 Å². The number of aromatic nitrogens is 2. The molecular weight excluding hydrogens is 326 g/mol. The van der Waals surface area contributed by atoms with Crippen molar-refractivity contribution in [3.63, 3.8) is 0 Å². The summed E-state index contributed by atoms with van der Waals surface area (Å²) in [5, 5.41) is 3.22. The van der Waals surface area contributed by atoms with Crippen LogP contribution in [0.4, 0.5) is 5.95 Å². The topological polar surface area (TPSA) is 61.4 Å². The first-order chi connectivity index (χ1) is 11.4. The van der Waals surface area contributed by atoms with E-state index in [-0.39, 0.29) is 11.6 Å². The first-order valence-electron chi connectivity index (χ1n) is 8.71. The lowest BCUT2D eigenvalue weighted by Crippen LogP contribution is -2.42. The number of amides is 1. The van der Waals surface area contributed by atoms with Gasteiger partial charge < -0.3 is 10.2 Å². The molecule has 0 bridgehead atoms. The van der Waals surface area contributed by atoms with Crippen LogP contribution in [0.25, 0.3) is 0 Å². The van der Waals surface area contributed by atoms with Gasteiger partial charge in [0.05, 0.1) is 11.2 Å². The number of halogens is 1. The summed E-state index contributed by atoms with van der Waals surface area (Å²) in [4.78, 5) is 25.5. The molecule has 24 heavy (non-hydrogen) atoms. The second kappa shape index (κ2) is 8.62. The standard InChI is InChI=1S/C17H28ClN5O/c1-12(2)23(13(3)4)10-7-19-16(24)15-14(18)11-20-17(21-15)22-8-5-6-9-22/h11-13H,5-10H2,1-4H3,(H,19,24). The van der Waals surface area contributed by atoms with E-state index in [1.807, 2.05) is 0 Å². The van der Waals surface area contributed by atoms with E-state index in [0.29, 0.717) is 29.6 Å². The summed E-state index contributed by atoms with van der Waals surface area (Å²) in [6, 6.07) is 0.873. The molecule has 1 aromatic rings. The monoisotopic (exact) mass is 353 g/mol. The van der Waals surface area contributed by atoms with Crippen LogP contribution in [0.1, 0.15) is 51.0 Å². The summed E-state index contributed by atoms with van der Waals surface area (Å²) >= 11 is 6.13. The average molecular weight is 354 g/mol. The molecule has 1 aromatic heterocycles. The van der Waals surface area contributed by atoms with Gasteiger partial charge in [0.25, 0.3) is 5.91 Å². The summed E-state index contributed by atoms with van der Waals surface area (Å²) in [5.74, 6) is 0.350. The van der Waals surface area contributed by atoms with E-state index in [1.54, 1.807) is 0 Å². The Hall–Kier alpha value is -1.40. The van der Waals surface area contributed by atoms with Gasteiger partial charge in [0, 0.05) is 38.3 Å². The van der Waals surface area contributed by atoms with Crippen LogP contribution in [-0.4, -0.2) is 59.0 Å². The van der Waals surface area contributed by atoms with Crippen LogP contribution >= 0.6 is 11.6 Å². The van der Waals surface area contributed by atoms with Crippen LogP contribution < -0.4 is 10.2 Å². The number of nitrogens with one attached hydrogen (secondary N) is 1. The number of carbonyl (C=O) groups is 1. The van der Waals surface area contributed by atoms with Crippen molar-refractivity contribution in [2.45, 2.75) is 52.6 Å². The molecule has 0 unspecified atom stereocenters.